The summed E-state index contributed by atoms with van der Waals surface area (Å²) in [6.45, 7) is -1.22. The first-order chi connectivity index (χ1) is 5.58. The molecule has 0 radical (unpaired) electrons. The van der Waals surface area contributed by atoms with Crippen molar-refractivity contribution in [1.82, 2.24) is 4.98 Å². The van der Waals surface area contributed by atoms with Gasteiger partial charge in [0.05, 0.1) is 0 Å². The largest absolute Gasteiger partial charge is 0.417 e. The van der Waals surface area contributed by atoms with Gasteiger partial charge in [0.1, 0.15) is 0 Å². The van der Waals surface area contributed by atoms with Crippen LogP contribution in [0.1, 0.15) is 5.69 Å². The Kier molecular flexibility index (Phi) is 2.81. The SMILES string of the molecule is Cc1cc(Cl)cc(OC(F)F)n1. The number of pyridine rings is 1. The summed E-state index contributed by atoms with van der Waals surface area (Å²) in [6, 6.07) is 2.79. The fourth-order valence-corrected chi connectivity index (χ4v) is 1.00. The Labute approximate surface area is 73.1 Å². The monoisotopic (exact) mass is 193 g/mol. The molecule has 66 valence electrons. The second kappa shape index (κ2) is 3.67. The van der Waals surface area contributed by atoms with E-state index >= 15 is 0 Å². The highest BCUT2D eigenvalue weighted by Gasteiger charge is 2.06. The molecule has 2 nitrogen and oxygen atoms in total. The van der Waals surface area contributed by atoms with Crippen molar-refractivity contribution in [3.8, 4) is 5.88 Å². The smallest absolute Gasteiger partial charge is 0.388 e. The van der Waals surface area contributed by atoms with Crippen molar-refractivity contribution in [3.63, 3.8) is 0 Å². The van der Waals surface area contributed by atoms with E-state index in [1.807, 2.05) is 0 Å². The molecule has 12 heavy (non-hydrogen) atoms. The molecule has 0 amide bonds. The van der Waals surface area contributed by atoms with E-state index in [2.05, 4.69) is 9.72 Å². The van der Waals surface area contributed by atoms with Gasteiger partial charge in [-0.05, 0) is 13.0 Å². The van der Waals surface area contributed by atoms with Gasteiger partial charge in [0.2, 0.25) is 5.88 Å². The average molecular weight is 194 g/mol. The van der Waals surface area contributed by atoms with Crippen LogP contribution in [-0.4, -0.2) is 11.6 Å². The van der Waals surface area contributed by atoms with Gasteiger partial charge in [-0.15, -0.1) is 0 Å². The van der Waals surface area contributed by atoms with E-state index in [0.717, 1.165) is 0 Å². The van der Waals surface area contributed by atoms with Gasteiger partial charge in [-0.1, -0.05) is 11.6 Å². The topological polar surface area (TPSA) is 22.1 Å². The van der Waals surface area contributed by atoms with Crippen LogP contribution in [0.2, 0.25) is 5.02 Å². The summed E-state index contributed by atoms with van der Waals surface area (Å²) in [6.07, 6.45) is 0. The van der Waals surface area contributed by atoms with Crippen LogP contribution in [0.3, 0.4) is 0 Å². The minimum atomic E-state index is -2.87. The number of halogens is 3. The van der Waals surface area contributed by atoms with Crippen molar-refractivity contribution in [3.05, 3.63) is 22.8 Å². The molecule has 1 heterocycles. The zero-order chi connectivity index (χ0) is 9.14. The molecule has 1 aromatic heterocycles. The number of hydrogen-bond acceptors (Lipinski definition) is 2. The van der Waals surface area contributed by atoms with Crippen LogP contribution in [0.15, 0.2) is 12.1 Å². The highest BCUT2D eigenvalue weighted by atomic mass is 35.5. The first-order valence-corrected chi connectivity index (χ1v) is 3.55. The van der Waals surface area contributed by atoms with Crippen molar-refractivity contribution in [2.75, 3.05) is 0 Å². The molecule has 0 fully saturated rings. The molecule has 0 saturated carbocycles. The molecule has 1 rings (SSSR count). The van der Waals surface area contributed by atoms with Crippen LogP contribution < -0.4 is 4.74 Å². The van der Waals surface area contributed by atoms with Gasteiger partial charge < -0.3 is 4.74 Å². The van der Waals surface area contributed by atoms with Crippen molar-refractivity contribution >= 4 is 11.6 Å². The van der Waals surface area contributed by atoms with Crippen molar-refractivity contribution in [2.24, 2.45) is 0 Å². The maximum Gasteiger partial charge on any atom is 0.388 e. The standard InChI is InChI=1S/C7H6ClF2NO/c1-4-2-5(8)3-6(11-4)12-7(9)10/h2-3,7H,1H3. The quantitative estimate of drug-likeness (QED) is 0.721. The summed E-state index contributed by atoms with van der Waals surface area (Å²) in [7, 11) is 0. The summed E-state index contributed by atoms with van der Waals surface area (Å²) >= 11 is 5.57. The van der Waals surface area contributed by atoms with Crippen LogP contribution in [0, 0.1) is 6.92 Å². The summed E-state index contributed by atoms with van der Waals surface area (Å²) in [4.78, 5) is 3.69. The summed E-state index contributed by atoms with van der Waals surface area (Å²) in [5, 5.41) is 0.332. The number of ether oxygens (including phenoxy) is 1. The Morgan fingerprint density at radius 1 is 1.50 bits per heavy atom. The molecule has 0 atom stereocenters. The molecule has 0 spiro atoms. The van der Waals surface area contributed by atoms with Crippen molar-refractivity contribution in [1.29, 1.82) is 0 Å². The Morgan fingerprint density at radius 3 is 2.67 bits per heavy atom. The molecule has 0 aliphatic carbocycles. The highest BCUT2D eigenvalue weighted by molar-refractivity contribution is 6.30. The van der Waals surface area contributed by atoms with Gasteiger partial charge >= 0.3 is 6.61 Å². The van der Waals surface area contributed by atoms with Gasteiger partial charge in [0, 0.05) is 16.8 Å². The lowest BCUT2D eigenvalue weighted by molar-refractivity contribution is -0.0529. The zero-order valence-electron chi connectivity index (χ0n) is 6.22. The second-order valence-corrected chi connectivity index (χ2v) is 2.58. The van der Waals surface area contributed by atoms with E-state index < -0.39 is 6.61 Å². The van der Waals surface area contributed by atoms with Crippen LogP contribution >= 0.6 is 11.6 Å². The number of alkyl halides is 2. The minimum Gasteiger partial charge on any atom is -0.417 e. The predicted molar refractivity (Wildman–Crippen MR) is 40.6 cm³/mol. The van der Waals surface area contributed by atoms with Crippen molar-refractivity contribution in [2.45, 2.75) is 13.5 Å². The van der Waals surface area contributed by atoms with E-state index in [0.29, 0.717) is 10.7 Å². The highest BCUT2D eigenvalue weighted by Crippen LogP contribution is 2.18. The van der Waals surface area contributed by atoms with Crippen LogP contribution in [0.4, 0.5) is 8.78 Å². The summed E-state index contributed by atoms with van der Waals surface area (Å²) in [5.41, 5.74) is 0.540. The maximum absolute atomic E-state index is 11.7. The molecular formula is C7H6ClF2NO. The van der Waals surface area contributed by atoms with Crippen LogP contribution in [0.5, 0.6) is 5.88 Å². The second-order valence-electron chi connectivity index (χ2n) is 2.14. The normalized spacial score (nSPS) is 10.4. The molecular weight excluding hydrogens is 188 g/mol. The van der Waals surface area contributed by atoms with E-state index in [1.165, 1.54) is 6.07 Å². The molecule has 1 aromatic rings. The van der Waals surface area contributed by atoms with Gasteiger partial charge in [-0.25, -0.2) is 4.98 Å². The van der Waals surface area contributed by atoms with E-state index in [-0.39, 0.29) is 5.88 Å². The fraction of sp³-hybridized carbons (Fsp3) is 0.286. The lowest BCUT2D eigenvalue weighted by Crippen LogP contribution is -2.03. The van der Waals surface area contributed by atoms with E-state index in [4.69, 9.17) is 11.6 Å². The number of aromatic nitrogens is 1. The Hall–Kier alpha value is -0.900. The number of rotatable bonds is 2. The summed E-state index contributed by atoms with van der Waals surface area (Å²) in [5.74, 6) is -0.157. The van der Waals surface area contributed by atoms with E-state index in [9.17, 15) is 8.78 Å². The van der Waals surface area contributed by atoms with Crippen LogP contribution in [0.25, 0.3) is 0 Å². The zero-order valence-corrected chi connectivity index (χ0v) is 6.98. The lowest BCUT2D eigenvalue weighted by Gasteiger charge is -2.03. The number of nitrogens with zero attached hydrogens (tertiary/aromatic N) is 1. The Morgan fingerprint density at radius 2 is 2.17 bits per heavy atom. The van der Waals surface area contributed by atoms with Crippen molar-refractivity contribution < 1.29 is 13.5 Å². The van der Waals surface area contributed by atoms with Gasteiger partial charge in [-0.3, -0.25) is 0 Å². The third-order valence-corrected chi connectivity index (χ3v) is 1.32. The number of aryl methyl sites for hydroxylation is 1. The lowest BCUT2D eigenvalue weighted by atomic mass is 10.4. The fourth-order valence-electron chi connectivity index (χ4n) is 0.749. The molecule has 0 aliphatic heterocycles. The van der Waals surface area contributed by atoms with Gasteiger partial charge in [0.25, 0.3) is 0 Å². The molecule has 0 saturated heterocycles. The van der Waals surface area contributed by atoms with E-state index in [1.54, 1.807) is 13.0 Å². The maximum atomic E-state index is 11.7. The van der Waals surface area contributed by atoms with Gasteiger partial charge in [0.15, 0.2) is 0 Å². The Balaban J connectivity index is 2.85. The van der Waals surface area contributed by atoms with Crippen LogP contribution in [-0.2, 0) is 0 Å². The predicted octanol–water partition coefficient (Wildman–Crippen LogP) is 2.64. The molecule has 0 N–H and O–H groups in total. The molecule has 0 unspecified atom stereocenters. The third kappa shape index (κ3) is 2.62. The summed E-state index contributed by atoms with van der Waals surface area (Å²) < 4.78 is 27.4. The Bertz CT molecular complexity index is 260. The first-order valence-electron chi connectivity index (χ1n) is 3.17. The number of hydrogen-bond donors (Lipinski definition) is 0. The average Bonchev–Trinajstić information content (AvgIpc) is 1.81. The molecule has 5 heteroatoms. The third-order valence-electron chi connectivity index (χ3n) is 1.10. The first kappa shape index (κ1) is 9.19. The molecule has 0 bridgehead atoms. The molecule has 0 aliphatic rings. The molecule has 0 aromatic carbocycles. The van der Waals surface area contributed by atoms with Gasteiger partial charge in [-0.2, -0.15) is 8.78 Å². The minimum absolute atomic E-state index is 0.157.